The molecule has 3 N–H and O–H groups in total. The Balaban J connectivity index is 0.00000392. The highest BCUT2D eigenvalue weighted by molar-refractivity contribution is 14.0. The van der Waals surface area contributed by atoms with Crippen molar-refractivity contribution in [3.8, 4) is 0 Å². The van der Waals surface area contributed by atoms with Crippen molar-refractivity contribution in [1.29, 1.82) is 0 Å². The summed E-state index contributed by atoms with van der Waals surface area (Å²) < 4.78 is 18.0. The zero-order valence-corrected chi connectivity index (χ0v) is 18.7. The maximum atomic E-state index is 13.0. The SMILES string of the molecule is CCNC(=NCC(O)c1ccc(F)cc1)NC1CCN(C(=O)OCC)CC1.I. The number of halogens is 2. The Morgan fingerprint density at radius 3 is 2.54 bits per heavy atom. The van der Waals surface area contributed by atoms with E-state index in [1.807, 2.05) is 6.92 Å². The fourth-order valence-corrected chi connectivity index (χ4v) is 2.90. The predicted molar refractivity (Wildman–Crippen MR) is 118 cm³/mol. The standard InChI is InChI=1S/C19H29FN4O3.HI/c1-3-21-18(22-13-17(25)14-5-7-15(20)8-6-14)23-16-9-11-24(12-10-16)19(26)27-4-2;/h5-8,16-17,25H,3-4,9-13H2,1-2H3,(H2,21,22,23);1H. The molecule has 28 heavy (non-hydrogen) atoms. The zero-order valence-electron chi connectivity index (χ0n) is 16.4. The summed E-state index contributed by atoms with van der Waals surface area (Å²) in [5, 5.41) is 16.8. The first kappa shape index (κ1) is 24.4. The van der Waals surface area contributed by atoms with Gasteiger partial charge in [-0.05, 0) is 44.4 Å². The van der Waals surface area contributed by atoms with E-state index in [0.717, 1.165) is 12.8 Å². The van der Waals surface area contributed by atoms with E-state index in [1.54, 1.807) is 24.0 Å². The normalized spacial score (nSPS) is 16.1. The largest absolute Gasteiger partial charge is 0.450 e. The number of hydrogen-bond acceptors (Lipinski definition) is 4. The number of amides is 1. The number of ether oxygens (including phenoxy) is 1. The van der Waals surface area contributed by atoms with E-state index in [2.05, 4.69) is 15.6 Å². The van der Waals surface area contributed by atoms with E-state index in [-0.39, 0.29) is 48.5 Å². The summed E-state index contributed by atoms with van der Waals surface area (Å²) in [6.07, 6.45) is 0.527. The lowest BCUT2D eigenvalue weighted by Crippen LogP contribution is -2.50. The van der Waals surface area contributed by atoms with Gasteiger partial charge in [0, 0.05) is 25.7 Å². The minimum Gasteiger partial charge on any atom is -0.450 e. The van der Waals surface area contributed by atoms with Crippen LogP contribution in [0.3, 0.4) is 0 Å². The van der Waals surface area contributed by atoms with Gasteiger partial charge in [-0.2, -0.15) is 0 Å². The van der Waals surface area contributed by atoms with Gasteiger partial charge < -0.3 is 25.4 Å². The quantitative estimate of drug-likeness (QED) is 0.313. The molecule has 1 aromatic rings. The van der Waals surface area contributed by atoms with Crippen molar-refractivity contribution in [3.63, 3.8) is 0 Å². The van der Waals surface area contributed by atoms with E-state index in [1.165, 1.54) is 12.1 Å². The van der Waals surface area contributed by atoms with Gasteiger partial charge in [-0.25, -0.2) is 9.18 Å². The molecule has 158 valence electrons. The molecule has 1 aromatic carbocycles. The fraction of sp³-hybridized carbons (Fsp3) is 0.579. The summed E-state index contributed by atoms with van der Waals surface area (Å²) in [6.45, 7) is 6.28. The first-order chi connectivity index (χ1) is 13.0. The molecule has 1 heterocycles. The molecule has 1 unspecified atom stereocenters. The van der Waals surface area contributed by atoms with Gasteiger partial charge in [0.25, 0.3) is 0 Å². The maximum Gasteiger partial charge on any atom is 0.409 e. The van der Waals surface area contributed by atoms with E-state index < -0.39 is 6.10 Å². The summed E-state index contributed by atoms with van der Waals surface area (Å²) in [5.74, 6) is 0.284. The van der Waals surface area contributed by atoms with Gasteiger partial charge in [0.2, 0.25) is 0 Å². The van der Waals surface area contributed by atoms with Crippen LogP contribution in [0.4, 0.5) is 9.18 Å². The summed E-state index contributed by atoms with van der Waals surface area (Å²) >= 11 is 0. The van der Waals surface area contributed by atoms with Crippen LogP contribution in [0.5, 0.6) is 0 Å². The van der Waals surface area contributed by atoms with Crippen LogP contribution in [0.2, 0.25) is 0 Å². The molecule has 0 bridgehead atoms. The Morgan fingerprint density at radius 1 is 1.32 bits per heavy atom. The highest BCUT2D eigenvalue weighted by atomic mass is 127. The molecule has 1 fully saturated rings. The van der Waals surface area contributed by atoms with E-state index in [4.69, 9.17) is 4.74 Å². The second-order valence-electron chi connectivity index (χ2n) is 6.39. The van der Waals surface area contributed by atoms with Crippen LogP contribution in [0.25, 0.3) is 0 Å². The molecule has 0 radical (unpaired) electrons. The van der Waals surface area contributed by atoms with Crippen molar-refractivity contribution in [3.05, 3.63) is 35.6 Å². The molecule has 1 amide bonds. The van der Waals surface area contributed by atoms with Crippen LogP contribution >= 0.6 is 24.0 Å². The number of carbonyl (C=O) groups is 1. The Labute approximate surface area is 182 Å². The topological polar surface area (TPSA) is 86.2 Å². The van der Waals surface area contributed by atoms with Crippen LogP contribution in [-0.4, -0.2) is 60.9 Å². The fourth-order valence-electron chi connectivity index (χ4n) is 2.90. The van der Waals surface area contributed by atoms with Crippen LogP contribution in [0, 0.1) is 5.82 Å². The molecule has 9 heteroatoms. The molecule has 7 nitrogen and oxygen atoms in total. The number of nitrogens with one attached hydrogen (secondary N) is 2. The van der Waals surface area contributed by atoms with E-state index in [0.29, 0.717) is 37.8 Å². The van der Waals surface area contributed by atoms with Crippen molar-refractivity contribution in [2.75, 3.05) is 32.8 Å². The Morgan fingerprint density at radius 2 is 1.96 bits per heavy atom. The minimum absolute atomic E-state index is 0. The number of benzene rings is 1. The summed E-state index contributed by atoms with van der Waals surface area (Å²) in [4.78, 5) is 17.9. The van der Waals surface area contributed by atoms with E-state index >= 15 is 0 Å². The number of aliphatic hydroxyl groups is 1. The predicted octanol–water partition coefficient (Wildman–Crippen LogP) is 2.65. The number of guanidine groups is 1. The first-order valence-electron chi connectivity index (χ1n) is 9.43. The number of aliphatic imine (C=N–C) groups is 1. The summed E-state index contributed by atoms with van der Waals surface area (Å²) in [7, 11) is 0. The number of likely N-dealkylation sites (tertiary alicyclic amines) is 1. The van der Waals surface area contributed by atoms with Gasteiger partial charge in [-0.3, -0.25) is 4.99 Å². The number of aliphatic hydroxyl groups excluding tert-OH is 1. The third-order valence-electron chi connectivity index (χ3n) is 4.38. The lowest BCUT2D eigenvalue weighted by atomic mass is 10.1. The van der Waals surface area contributed by atoms with Gasteiger partial charge >= 0.3 is 6.09 Å². The van der Waals surface area contributed by atoms with Crippen molar-refractivity contribution >= 4 is 36.0 Å². The molecule has 1 atom stereocenters. The van der Waals surface area contributed by atoms with Crippen molar-refractivity contribution < 1.29 is 19.0 Å². The van der Waals surface area contributed by atoms with Gasteiger partial charge in [0.1, 0.15) is 5.82 Å². The molecule has 1 aliphatic heterocycles. The number of nitrogens with zero attached hydrogens (tertiary/aromatic N) is 2. The highest BCUT2D eigenvalue weighted by Gasteiger charge is 2.24. The maximum absolute atomic E-state index is 13.0. The lowest BCUT2D eigenvalue weighted by molar-refractivity contribution is 0.0963. The molecule has 2 rings (SSSR count). The van der Waals surface area contributed by atoms with Crippen molar-refractivity contribution in [1.82, 2.24) is 15.5 Å². The Kier molecular flexibility index (Phi) is 11.1. The van der Waals surface area contributed by atoms with Gasteiger partial charge in [0.15, 0.2) is 5.96 Å². The zero-order chi connectivity index (χ0) is 19.6. The number of piperidine rings is 1. The molecular formula is C19H30FIN4O3. The third kappa shape index (κ3) is 7.78. The molecular weight excluding hydrogens is 478 g/mol. The van der Waals surface area contributed by atoms with Gasteiger partial charge in [0.05, 0.1) is 19.3 Å². The average molecular weight is 508 g/mol. The molecule has 1 aliphatic rings. The van der Waals surface area contributed by atoms with E-state index in [9.17, 15) is 14.3 Å². The van der Waals surface area contributed by atoms with Crippen LogP contribution in [-0.2, 0) is 4.74 Å². The second-order valence-corrected chi connectivity index (χ2v) is 6.39. The smallest absolute Gasteiger partial charge is 0.409 e. The van der Waals surface area contributed by atoms with Gasteiger partial charge in [-0.15, -0.1) is 24.0 Å². The molecule has 1 saturated heterocycles. The lowest BCUT2D eigenvalue weighted by Gasteiger charge is -2.32. The molecule has 0 aromatic heterocycles. The monoisotopic (exact) mass is 508 g/mol. The first-order valence-corrected chi connectivity index (χ1v) is 9.43. The van der Waals surface area contributed by atoms with Crippen LogP contribution in [0.15, 0.2) is 29.3 Å². The van der Waals surface area contributed by atoms with Crippen molar-refractivity contribution in [2.45, 2.75) is 38.8 Å². The second kappa shape index (κ2) is 12.8. The molecule has 0 spiro atoms. The Bertz CT molecular complexity index is 622. The number of carbonyl (C=O) groups excluding carboxylic acids is 1. The van der Waals surface area contributed by atoms with Crippen LogP contribution in [0.1, 0.15) is 38.4 Å². The average Bonchev–Trinajstić information content (AvgIpc) is 2.67. The number of rotatable bonds is 6. The summed E-state index contributed by atoms with van der Waals surface area (Å²) in [5.41, 5.74) is 0.624. The number of hydrogen-bond donors (Lipinski definition) is 3. The third-order valence-corrected chi connectivity index (χ3v) is 4.38. The minimum atomic E-state index is -0.799. The highest BCUT2D eigenvalue weighted by Crippen LogP contribution is 2.14. The molecule has 0 saturated carbocycles. The molecule has 0 aliphatic carbocycles. The van der Waals surface area contributed by atoms with Crippen molar-refractivity contribution in [2.24, 2.45) is 4.99 Å². The van der Waals surface area contributed by atoms with Gasteiger partial charge in [-0.1, -0.05) is 12.1 Å². The van der Waals surface area contributed by atoms with Crippen LogP contribution < -0.4 is 10.6 Å². The summed E-state index contributed by atoms with van der Waals surface area (Å²) in [6, 6.07) is 5.95. The Hall–Kier alpha value is -1.62.